The summed E-state index contributed by atoms with van der Waals surface area (Å²) in [4.78, 5) is 40.7. The van der Waals surface area contributed by atoms with E-state index in [0.717, 1.165) is 0 Å². The van der Waals surface area contributed by atoms with E-state index in [1.165, 1.54) is 10.6 Å². The Hall–Kier alpha value is -2.90. The molecule has 0 aliphatic heterocycles. The van der Waals surface area contributed by atoms with Crippen LogP contribution in [0.2, 0.25) is 10.0 Å². The van der Waals surface area contributed by atoms with Crippen molar-refractivity contribution < 1.29 is 14.3 Å². The number of anilines is 1. The Morgan fingerprint density at radius 3 is 2.72 bits per heavy atom. The minimum Gasteiger partial charge on any atom is -0.456 e. The molecular formula is C20H17Cl2N3O4. The Balaban J connectivity index is 1.56. The molecule has 29 heavy (non-hydrogen) atoms. The van der Waals surface area contributed by atoms with E-state index in [1.54, 1.807) is 43.4 Å². The lowest BCUT2D eigenvalue weighted by atomic mass is 10.2. The Bertz CT molecular complexity index is 1140. The van der Waals surface area contributed by atoms with Gasteiger partial charge in [-0.05, 0) is 30.3 Å². The zero-order valence-corrected chi connectivity index (χ0v) is 17.0. The molecule has 0 bridgehead atoms. The maximum Gasteiger partial charge on any atom is 0.306 e. The fourth-order valence-corrected chi connectivity index (χ4v) is 3.04. The molecule has 2 aromatic carbocycles. The number of aryl methyl sites for hydroxylation is 1. The molecule has 0 fully saturated rings. The molecule has 1 amide bonds. The van der Waals surface area contributed by atoms with Gasteiger partial charge in [-0.25, -0.2) is 4.98 Å². The van der Waals surface area contributed by atoms with Gasteiger partial charge < -0.3 is 10.1 Å². The van der Waals surface area contributed by atoms with Crippen LogP contribution in [-0.4, -0.2) is 28.0 Å². The van der Waals surface area contributed by atoms with Crippen LogP contribution in [0.5, 0.6) is 0 Å². The first-order valence-corrected chi connectivity index (χ1v) is 9.46. The number of ether oxygens (including phenoxy) is 1. The van der Waals surface area contributed by atoms with Crippen molar-refractivity contribution in [2.75, 3.05) is 11.9 Å². The van der Waals surface area contributed by atoms with Gasteiger partial charge in [0, 0.05) is 18.5 Å². The van der Waals surface area contributed by atoms with Crippen molar-refractivity contribution >= 4 is 51.7 Å². The summed E-state index contributed by atoms with van der Waals surface area (Å²) in [7, 11) is 1.60. The summed E-state index contributed by atoms with van der Waals surface area (Å²) in [5.41, 5.74) is 0.712. The summed E-state index contributed by atoms with van der Waals surface area (Å²) >= 11 is 11.8. The van der Waals surface area contributed by atoms with Crippen molar-refractivity contribution in [1.82, 2.24) is 9.55 Å². The molecule has 1 aromatic heterocycles. The number of benzene rings is 2. The topological polar surface area (TPSA) is 90.3 Å². The molecule has 0 radical (unpaired) electrons. The SMILES string of the molecule is Cn1c(CCC(=O)OCC(=O)Nc2cc(Cl)ccc2Cl)nc2ccccc2c1=O. The van der Waals surface area contributed by atoms with Crippen LogP contribution in [0.15, 0.2) is 47.3 Å². The first-order valence-electron chi connectivity index (χ1n) is 8.70. The maximum atomic E-state index is 12.4. The van der Waals surface area contributed by atoms with Crippen LogP contribution in [0.25, 0.3) is 10.9 Å². The molecule has 9 heteroatoms. The van der Waals surface area contributed by atoms with E-state index >= 15 is 0 Å². The van der Waals surface area contributed by atoms with Crippen molar-refractivity contribution in [2.24, 2.45) is 7.05 Å². The van der Waals surface area contributed by atoms with E-state index in [-0.39, 0.29) is 18.4 Å². The predicted molar refractivity (Wildman–Crippen MR) is 111 cm³/mol. The number of nitrogens with one attached hydrogen (secondary N) is 1. The van der Waals surface area contributed by atoms with Crippen LogP contribution in [0.3, 0.4) is 0 Å². The van der Waals surface area contributed by atoms with E-state index in [1.807, 2.05) is 0 Å². The summed E-state index contributed by atoms with van der Waals surface area (Å²) in [5, 5.41) is 3.77. The Morgan fingerprint density at radius 2 is 1.93 bits per heavy atom. The van der Waals surface area contributed by atoms with Gasteiger partial charge >= 0.3 is 5.97 Å². The first-order chi connectivity index (χ1) is 13.8. The van der Waals surface area contributed by atoms with Crippen LogP contribution < -0.4 is 10.9 Å². The van der Waals surface area contributed by atoms with Gasteiger partial charge in [0.25, 0.3) is 11.5 Å². The third kappa shape index (κ3) is 5.13. The van der Waals surface area contributed by atoms with E-state index in [9.17, 15) is 14.4 Å². The fourth-order valence-electron chi connectivity index (χ4n) is 2.70. The maximum absolute atomic E-state index is 12.4. The van der Waals surface area contributed by atoms with Crippen LogP contribution >= 0.6 is 23.2 Å². The molecule has 0 saturated carbocycles. The number of para-hydroxylation sites is 1. The smallest absolute Gasteiger partial charge is 0.306 e. The number of esters is 1. The van der Waals surface area contributed by atoms with Crippen LogP contribution in [-0.2, 0) is 27.8 Å². The van der Waals surface area contributed by atoms with Crippen molar-refractivity contribution in [3.05, 3.63) is 68.7 Å². The highest BCUT2D eigenvalue weighted by Gasteiger charge is 2.13. The van der Waals surface area contributed by atoms with Crippen molar-refractivity contribution in [2.45, 2.75) is 12.8 Å². The monoisotopic (exact) mass is 433 g/mol. The van der Waals surface area contributed by atoms with Gasteiger partial charge in [0.2, 0.25) is 0 Å². The lowest BCUT2D eigenvalue weighted by Gasteiger charge is -2.10. The predicted octanol–water partition coefficient (Wildman–Crippen LogP) is 3.35. The number of fused-ring (bicyclic) bond motifs is 1. The molecule has 150 valence electrons. The Labute approximate surface area is 176 Å². The number of hydrogen-bond acceptors (Lipinski definition) is 5. The molecule has 7 nitrogen and oxygen atoms in total. The summed E-state index contributed by atoms with van der Waals surface area (Å²) < 4.78 is 6.39. The lowest BCUT2D eigenvalue weighted by molar-refractivity contribution is -0.147. The molecule has 0 spiro atoms. The van der Waals surface area contributed by atoms with Gasteiger partial charge in [-0.2, -0.15) is 0 Å². The second-order valence-corrected chi connectivity index (χ2v) is 7.09. The molecular weight excluding hydrogens is 417 g/mol. The molecule has 3 rings (SSSR count). The van der Waals surface area contributed by atoms with E-state index in [4.69, 9.17) is 27.9 Å². The summed E-state index contributed by atoms with van der Waals surface area (Å²) in [6.45, 7) is -0.467. The zero-order valence-electron chi connectivity index (χ0n) is 15.4. The fraction of sp³-hybridized carbons (Fsp3) is 0.200. The zero-order chi connectivity index (χ0) is 21.0. The average molecular weight is 434 g/mol. The first kappa shape index (κ1) is 20.8. The van der Waals surface area contributed by atoms with Crippen molar-refractivity contribution in [3.8, 4) is 0 Å². The van der Waals surface area contributed by atoms with E-state index in [2.05, 4.69) is 10.3 Å². The number of halogens is 2. The standard InChI is InChI=1S/C20H17Cl2N3O4/c1-25-17(23-15-5-3-2-4-13(15)20(25)28)8-9-19(27)29-11-18(26)24-16-10-12(21)6-7-14(16)22/h2-7,10H,8-9,11H2,1H3,(H,24,26). The number of carbonyl (C=O) groups excluding carboxylic acids is 2. The van der Waals surface area contributed by atoms with E-state index < -0.39 is 18.5 Å². The molecule has 1 heterocycles. The Morgan fingerprint density at radius 1 is 1.17 bits per heavy atom. The van der Waals surface area contributed by atoms with Crippen molar-refractivity contribution in [3.63, 3.8) is 0 Å². The number of aromatic nitrogens is 2. The normalized spacial score (nSPS) is 10.7. The quantitative estimate of drug-likeness (QED) is 0.601. The highest BCUT2D eigenvalue weighted by Crippen LogP contribution is 2.25. The number of amides is 1. The van der Waals surface area contributed by atoms with Crippen LogP contribution in [0.1, 0.15) is 12.2 Å². The molecule has 0 atom stereocenters. The van der Waals surface area contributed by atoms with Gasteiger partial charge in [-0.3, -0.25) is 19.0 Å². The third-order valence-electron chi connectivity index (χ3n) is 4.20. The minimum atomic E-state index is -0.584. The Kier molecular flexibility index (Phi) is 6.51. The highest BCUT2D eigenvalue weighted by molar-refractivity contribution is 6.35. The molecule has 0 aliphatic rings. The minimum absolute atomic E-state index is 0.0240. The summed E-state index contributed by atoms with van der Waals surface area (Å²) in [6, 6.07) is 11.6. The van der Waals surface area contributed by atoms with Crippen LogP contribution in [0.4, 0.5) is 5.69 Å². The summed E-state index contributed by atoms with van der Waals surface area (Å²) in [6.07, 6.45) is 0.182. The van der Waals surface area contributed by atoms with E-state index in [0.29, 0.717) is 32.5 Å². The molecule has 0 saturated heterocycles. The summed E-state index contributed by atoms with van der Waals surface area (Å²) in [5.74, 6) is -0.667. The largest absolute Gasteiger partial charge is 0.456 e. The third-order valence-corrected chi connectivity index (χ3v) is 4.76. The number of carbonyl (C=O) groups is 2. The number of hydrogen-bond donors (Lipinski definition) is 1. The number of rotatable bonds is 6. The molecule has 0 unspecified atom stereocenters. The lowest BCUT2D eigenvalue weighted by Crippen LogP contribution is -2.24. The molecule has 0 aliphatic carbocycles. The second kappa shape index (κ2) is 9.07. The second-order valence-electron chi connectivity index (χ2n) is 6.24. The molecule has 1 N–H and O–H groups in total. The van der Waals surface area contributed by atoms with Gasteiger partial charge in [-0.15, -0.1) is 0 Å². The highest BCUT2D eigenvalue weighted by atomic mass is 35.5. The van der Waals surface area contributed by atoms with Crippen molar-refractivity contribution in [1.29, 1.82) is 0 Å². The number of nitrogens with zero attached hydrogens (tertiary/aromatic N) is 2. The van der Waals surface area contributed by atoms with Gasteiger partial charge in [0.1, 0.15) is 5.82 Å². The van der Waals surface area contributed by atoms with Gasteiger partial charge in [0.15, 0.2) is 6.61 Å². The van der Waals surface area contributed by atoms with Gasteiger partial charge in [-0.1, -0.05) is 35.3 Å². The van der Waals surface area contributed by atoms with Gasteiger partial charge in [0.05, 0.1) is 28.0 Å². The average Bonchev–Trinajstić information content (AvgIpc) is 2.71. The van der Waals surface area contributed by atoms with Crippen LogP contribution in [0, 0.1) is 0 Å². The molecule has 3 aromatic rings.